The highest BCUT2D eigenvalue weighted by molar-refractivity contribution is 5.76. The zero-order valence-electron chi connectivity index (χ0n) is 13.8. The molecule has 1 amide bonds. The molecule has 1 N–H and O–H groups in total. The van der Waals surface area contributed by atoms with Crippen LogP contribution < -0.4 is 5.32 Å². The molecule has 20 heavy (non-hydrogen) atoms. The van der Waals surface area contributed by atoms with E-state index in [-0.39, 0.29) is 0 Å². The van der Waals surface area contributed by atoms with Crippen molar-refractivity contribution in [3.63, 3.8) is 0 Å². The second kappa shape index (κ2) is 9.35. The summed E-state index contributed by atoms with van der Waals surface area (Å²) in [5.74, 6) is 0.341. The van der Waals surface area contributed by atoms with Gasteiger partial charge in [-0.15, -0.1) is 0 Å². The molecule has 0 aromatic heterocycles. The molecule has 0 aromatic rings. The van der Waals surface area contributed by atoms with Crippen molar-refractivity contribution >= 4 is 5.91 Å². The van der Waals surface area contributed by atoms with Crippen molar-refractivity contribution in [2.75, 3.05) is 32.7 Å². The summed E-state index contributed by atoms with van der Waals surface area (Å²) in [6, 6.07) is 1.19. The highest BCUT2D eigenvalue weighted by atomic mass is 16.2. The van der Waals surface area contributed by atoms with Gasteiger partial charge in [0.15, 0.2) is 0 Å². The van der Waals surface area contributed by atoms with Gasteiger partial charge >= 0.3 is 0 Å². The van der Waals surface area contributed by atoms with Gasteiger partial charge in [-0.25, -0.2) is 0 Å². The molecule has 0 radical (unpaired) electrons. The minimum Gasteiger partial charge on any atom is -0.343 e. The molecule has 1 heterocycles. The second-order valence-electron chi connectivity index (χ2n) is 6.05. The van der Waals surface area contributed by atoms with Gasteiger partial charge in [0.25, 0.3) is 0 Å². The van der Waals surface area contributed by atoms with Gasteiger partial charge in [0.1, 0.15) is 0 Å². The van der Waals surface area contributed by atoms with Crippen LogP contribution in [0.15, 0.2) is 0 Å². The van der Waals surface area contributed by atoms with Crippen LogP contribution in [0.4, 0.5) is 0 Å². The van der Waals surface area contributed by atoms with Gasteiger partial charge in [-0.05, 0) is 38.9 Å². The van der Waals surface area contributed by atoms with Crippen LogP contribution in [0.25, 0.3) is 0 Å². The molecule has 0 unspecified atom stereocenters. The SMILES string of the molecule is CCN(CC)C1CCN(C(=O)CCCNC(C)C)CC1. The molecule has 4 heteroatoms. The monoisotopic (exact) mass is 283 g/mol. The lowest BCUT2D eigenvalue weighted by atomic mass is 10.0. The maximum absolute atomic E-state index is 12.1. The molecule has 0 atom stereocenters. The number of rotatable bonds is 8. The van der Waals surface area contributed by atoms with Gasteiger partial charge in [-0.2, -0.15) is 0 Å². The summed E-state index contributed by atoms with van der Waals surface area (Å²) >= 11 is 0. The molecule has 1 saturated heterocycles. The quantitative estimate of drug-likeness (QED) is 0.693. The number of carbonyl (C=O) groups excluding carboxylic acids is 1. The third-order valence-corrected chi connectivity index (χ3v) is 4.27. The fraction of sp³-hybridized carbons (Fsp3) is 0.938. The topological polar surface area (TPSA) is 35.6 Å². The van der Waals surface area contributed by atoms with E-state index in [1.54, 1.807) is 0 Å². The lowest BCUT2D eigenvalue weighted by Crippen LogP contribution is -2.46. The highest BCUT2D eigenvalue weighted by Crippen LogP contribution is 2.17. The summed E-state index contributed by atoms with van der Waals surface area (Å²) in [5, 5.41) is 3.36. The number of nitrogens with zero attached hydrogens (tertiary/aromatic N) is 2. The Morgan fingerprint density at radius 3 is 2.35 bits per heavy atom. The van der Waals surface area contributed by atoms with Crippen LogP contribution in [0, 0.1) is 0 Å². The first-order valence-electron chi connectivity index (χ1n) is 8.33. The van der Waals surface area contributed by atoms with Gasteiger partial charge in [0, 0.05) is 31.6 Å². The number of hydrogen-bond acceptors (Lipinski definition) is 3. The van der Waals surface area contributed by atoms with Crippen LogP contribution in [0.2, 0.25) is 0 Å². The minimum atomic E-state index is 0.341. The molecule has 0 saturated carbocycles. The summed E-state index contributed by atoms with van der Waals surface area (Å²) in [7, 11) is 0. The van der Waals surface area contributed by atoms with E-state index in [2.05, 4.69) is 42.8 Å². The molecule has 0 aliphatic carbocycles. The highest BCUT2D eigenvalue weighted by Gasteiger charge is 2.25. The molecule has 1 aliphatic heterocycles. The molecule has 1 rings (SSSR count). The Morgan fingerprint density at radius 2 is 1.85 bits per heavy atom. The average Bonchev–Trinajstić information content (AvgIpc) is 2.45. The van der Waals surface area contributed by atoms with Gasteiger partial charge in [0.05, 0.1) is 0 Å². The first-order chi connectivity index (χ1) is 9.58. The van der Waals surface area contributed by atoms with Crippen molar-refractivity contribution < 1.29 is 4.79 Å². The number of amides is 1. The van der Waals surface area contributed by atoms with Crippen molar-refractivity contribution in [1.82, 2.24) is 15.1 Å². The Balaban J connectivity index is 2.22. The van der Waals surface area contributed by atoms with E-state index in [0.717, 1.165) is 52.0 Å². The Kier molecular flexibility index (Phi) is 8.15. The average molecular weight is 283 g/mol. The molecule has 1 fully saturated rings. The summed E-state index contributed by atoms with van der Waals surface area (Å²) in [5.41, 5.74) is 0. The zero-order valence-corrected chi connectivity index (χ0v) is 13.8. The van der Waals surface area contributed by atoms with Crippen LogP contribution in [0.3, 0.4) is 0 Å². The number of hydrogen-bond donors (Lipinski definition) is 1. The maximum atomic E-state index is 12.1. The molecule has 4 nitrogen and oxygen atoms in total. The van der Waals surface area contributed by atoms with E-state index in [9.17, 15) is 4.79 Å². The van der Waals surface area contributed by atoms with Crippen molar-refractivity contribution in [1.29, 1.82) is 0 Å². The fourth-order valence-corrected chi connectivity index (χ4v) is 3.01. The summed E-state index contributed by atoms with van der Waals surface area (Å²) in [4.78, 5) is 16.7. The van der Waals surface area contributed by atoms with E-state index < -0.39 is 0 Å². The molecule has 0 aromatic carbocycles. The smallest absolute Gasteiger partial charge is 0.222 e. The van der Waals surface area contributed by atoms with Gasteiger partial charge in [0.2, 0.25) is 5.91 Å². The third-order valence-electron chi connectivity index (χ3n) is 4.27. The predicted molar refractivity (Wildman–Crippen MR) is 84.9 cm³/mol. The molecule has 0 spiro atoms. The summed E-state index contributed by atoms with van der Waals surface area (Å²) < 4.78 is 0. The van der Waals surface area contributed by atoms with E-state index in [0.29, 0.717) is 24.4 Å². The standard InChI is InChI=1S/C16H33N3O/c1-5-18(6-2)15-9-12-19(13-10-15)16(20)8-7-11-17-14(3)4/h14-15,17H,5-13H2,1-4H3. The van der Waals surface area contributed by atoms with Crippen LogP contribution >= 0.6 is 0 Å². The molecular formula is C16H33N3O. The second-order valence-corrected chi connectivity index (χ2v) is 6.05. The van der Waals surface area contributed by atoms with Gasteiger partial charge in [-0.3, -0.25) is 4.79 Å². The van der Waals surface area contributed by atoms with Crippen molar-refractivity contribution in [3.05, 3.63) is 0 Å². The van der Waals surface area contributed by atoms with Crippen LogP contribution in [0.5, 0.6) is 0 Å². The Labute approximate surface area is 124 Å². The minimum absolute atomic E-state index is 0.341. The van der Waals surface area contributed by atoms with E-state index in [4.69, 9.17) is 0 Å². The number of nitrogens with one attached hydrogen (secondary N) is 1. The Bertz CT molecular complexity index is 269. The first-order valence-corrected chi connectivity index (χ1v) is 8.33. The van der Waals surface area contributed by atoms with Crippen molar-refractivity contribution in [2.45, 2.75) is 65.5 Å². The van der Waals surface area contributed by atoms with Crippen LogP contribution in [-0.4, -0.2) is 60.5 Å². The summed E-state index contributed by atoms with van der Waals surface area (Å²) in [6.07, 6.45) is 3.91. The van der Waals surface area contributed by atoms with Gasteiger partial charge < -0.3 is 15.1 Å². The summed E-state index contributed by atoms with van der Waals surface area (Å²) in [6.45, 7) is 13.8. The van der Waals surface area contributed by atoms with E-state index in [1.807, 2.05) is 0 Å². The molecule has 1 aliphatic rings. The Morgan fingerprint density at radius 1 is 1.25 bits per heavy atom. The lowest BCUT2D eigenvalue weighted by molar-refractivity contribution is -0.132. The number of carbonyl (C=O) groups is 1. The third kappa shape index (κ3) is 5.80. The van der Waals surface area contributed by atoms with E-state index >= 15 is 0 Å². The van der Waals surface area contributed by atoms with Gasteiger partial charge in [-0.1, -0.05) is 27.7 Å². The van der Waals surface area contributed by atoms with Crippen molar-refractivity contribution in [3.8, 4) is 0 Å². The number of piperidine rings is 1. The maximum Gasteiger partial charge on any atom is 0.222 e. The lowest BCUT2D eigenvalue weighted by Gasteiger charge is -2.37. The molecule has 0 bridgehead atoms. The zero-order chi connectivity index (χ0) is 15.0. The molecule has 118 valence electrons. The molecular weight excluding hydrogens is 250 g/mol. The predicted octanol–water partition coefficient (Wildman–Crippen LogP) is 2.10. The van der Waals surface area contributed by atoms with Crippen LogP contribution in [-0.2, 0) is 4.79 Å². The fourth-order valence-electron chi connectivity index (χ4n) is 3.01. The first kappa shape index (κ1) is 17.4. The van der Waals surface area contributed by atoms with Crippen LogP contribution in [0.1, 0.15) is 53.4 Å². The largest absolute Gasteiger partial charge is 0.343 e. The van der Waals surface area contributed by atoms with E-state index in [1.165, 1.54) is 0 Å². The Hall–Kier alpha value is -0.610. The van der Waals surface area contributed by atoms with Crippen molar-refractivity contribution in [2.24, 2.45) is 0 Å². The normalized spacial score (nSPS) is 17.2. The number of likely N-dealkylation sites (tertiary alicyclic amines) is 1.